The van der Waals surface area contributed by atoms with Crippen molar-refractivity contribution in [3.8, 4) is 5.75 Å². The van der Waals surface area contributed by atoms with E-state index in [9.17, 15) is 0 Å². The zero-order valence-electron chi connectivity index (χ0n) is 10.4. The second-order valence-corrected chi connectivity index (χ2v) is 4.61. The van der Waals surface area contributed by atoms with E-state index in [0.29, 0.717) is 6.54 Å². The monoisotopic (exact) mass is 265 g/mol. The summed E-state index contributed by atoms with van der Waals surface area (Å²) in [5.41, 5.74) is 7.68. The fraction of sp³-hybridized carbons (Fsp3) is 0.286. The van der Waals surface area contributed by atoms with Crippen LogP contribution in [0.4, 0.5) is 0 Å². The maximum atomic E-state index is 6.12. The molecule has 0 bridgehead atoms. The number of benzene rings is 1. The number of hydrogen-bond acceptors (Lipinski definition) is 3. The smallest absolute Gasteiger partial charge is 0.168 e. The number of furan rings is 1. The molecule has 18 heavy (non-hydrogen) atoms. The Balaban J connectivity index is 2.23. The maximum absolute atomic E-state index is 6.12. The quantitative estimate of drug-likeness (QED) is 0.918. The summed E-state index contributed by atoms with van der Waals surface area (Å²) in [7, 11) is 0. The normalized spacial score (nSPS) is 12.4. The van der Waals surface area contributed by atoms with Crippen LogP contribution in [0.25, 0.3) is 0 Å². The Hall–Kier alpha value is -1.45. The van der Waals surface area contributed by atoms with Gasteiger partial charge in [-0.1, -0.05) is 11.6 Å². The van der Waals surface area contributed by atoms with E-state index in [-0.39, 0.29) is 6.10 Å². The molecular formula is C14H16ClNO2. The molecule has 1 heterocycles. The van der Waals surface area contributed by atoms with E-state index in [1.54, 1.807) is 6.26 Å². The van der Waals surface area contributed by atoms with Gasteiger partial charge in [0.15, 0.2) is 6.10 Å². The van der Waals surface area contributed by atoms with E-state index in [1.807, 2.05) is 38.1 Å². The van der Waals surface area contributed by atoms with Gasteiger partial charge < -0.3 is 14.9 Å². The molecule has 2 N–H and O–H groups in total. The molecule has 2 rings (SSSR count). The predicted octanol–water partition coefficient (Wildman–Crippen LogP) is 3.63. The molecule has 1 aromatic carbocycles. The lowest BCUT2D eigenvalue weighted by Crippen LogP contribution is -2.18. The molecule has 0 saturated carbocycles. The lowest BCUT2D eigenvalue weighted by atomic mass is 10.1. The molecular weight excluding hydrogens is 250 g/mol. The van der Waals surface area contributed by atoms with Gasteiger partial charge in [-0.3, -0.25) is 0 Å². The van der Waals surface area contributed by atoms with Crippen LogP contribution in [0.15, 0.2) is 34.9 Å². The molecule has 0 aliphatic carbocycles. The van der Waals surface area contributed by atoms with E-state index in [0.717, 1.165) is 27.7 Å². The molecule has 0 spiro atoms. The summed E-state index contributed by atoms with van der Waals surface area (Å²) in [5, 5.41) is 0.768. The minimum Gasteiger partial charge on any atom is -0.481 e. The molecule has 0 saturated heterocycles. The third kappa shape index (κ3) is 2.68. The van der Waals surface area contributed by atoms with Crippen molar-refractivity contribution >= 4 is 11.6 Å². The van der Waals surface area contributed by atoms with E-state index in [4.69, 9.17) is 26.5 Å². The number of ether oxygens (including phenoxy) is 1. The van der Waals surface area contributed by atoms with Crippen molar-refractivity contribution < 1.29 is 9.15 Å². The standard InChI is InChI=1S/C14H16ClNO2/c1-9-6-11(7-10(2)14(9)15)18-13(8-16)12-4-3-5-17-12/h3-7,13H,8,16H2,1-2H3. The highest BCUT2D eigenvalue weighted by molar-refractivity contribution is 6.32. The highest BCUT2D eigenvalue weighted by atomic mass is 35.5. The lowest BCUT2D eigenvalue weighted by Gasteiger charge is -2.16. The summed E-state index contributed by atoms with van der Waals surface area (Å²) in [6.45, 7) is 4.26. The Bertz CT molecular complexity index is 500. The van der Waals surface area contributed by atoms with Crippen LogP contribution in [0.5, 0.6) is 5.75 Å². The minimum absolute atomic E-state index is 0.278. The second-order valence-electron chi connectivity index (χ2n) is 4.23. The van der Waals surface area contributed by atoms with Gasteiger partial charge in [0.1, 0.15) is 11.5 Å². The van der Waals surface area contributed by atoms with Gasteiger partial charge in [0.2, 0.25) is 0 Å². The summed E-state index contributed by atoms with van der Waals surface area (Å²) < 4.78 is 11.2. The maximum Gasteiger partial charge on any atom is 0.168 e. The van der Waals surface area contributed by atoms with E-state index in [1.165, 1.54) is 0 Å². The van der Waals surface area contributed by atoms with Crippen molar-refractivity contribution in [2.75, 3.05) is 6.54 Å². The lowest BCUT2D eigenvalue weighted by molar-refractivity contribution is 0.184. The van der Waals surface area contributed by atoms with Gasteiger partial charge in [-0.05, 0) is 49.2 Å². The largest absolute Gasteiger partial charge is 0.481 e. The zero-order chi connectivity index (χ0) is 13.1. The van der Waals surface area contributed by atoms with Crippen LogP contribution in [-0.4, -0.2) is 6.54 Å². The topological polar surface area (TPSA) is 48.4 Å². The zero-order valence-corrected chi connectivity index (χ0v) is 11.2. The molecule has 3 nitrogen and oxygen atoms in total. The van der Waals surface area contributed by atoms with Crippen LogP contribution >= 0.6 is 11.6 Å². The number of rotatable bonds is 4. The van der Waals surface area contributed by atoms with E-state index < -0.39 is 0 Å². The Kier molecular flexibility index (Phi) is 3.94. The summed E-state index contributed by atoms with van der Waals surface area (Å²) in [6.07, 6.45) is 1.33. The average molecular weight is 266 g/mol. The number of halogens is 1. The van der Waals surface area contributed by atoms with Crippen LogP contribution in [0.3, 0.4) is 0 Å². The summed E-state index contributed by atoms with van der Waals surface area (Å²) in [5.74, 6) is 1.48. The van der Waals surface area contributed by atoms with Gasteiger partial charge in [-0.2, -0.15) is 0 Å². The van der Waals surface area contributed by atoms with Crippen molar-refractivity contribution in [1.29, 1.82) is 0 Å². The van der Waals surface area contributed by atoms with Crippen molar-refractivity contribution in [3.05, 3.63) is 52.4 Å². The Labute approximate surface area is 111 Å². The van der Waals surface area contributed by atoms with Crippen LogP contribution in [0.2, 0.25) is 5.02 Å². The van der Waals surface area contributed by atoms with Crippen molar-refractivity contribution in [2.45, 2.75) is 20.0 Å². The first kappa shape index (κ1) is 13.0. The molecule has 1 atom stereocenters. The Morgan fingerprint density at radius 2 is 2.00 bits per heavy atom. The van der Waals surface area contributed by atoms with Gasteiger partial charge in [-0.15, -0.1) is 0 Å². The van der Waals surface area contributed by atoms with Gasteiger partial charge in [0.25, 0.3) is 0 Å². The molecule has 2 aromatic rings. The van der Waals surface area contributed by atoms with Gasteiger partial charge in [0, 0.05) is 11.6 Å². The summed E-state index contributed by atoms with van der Waals surface area (Å²) in [4.78, 5) is 0. The fourth-order valence-electron chi connectivity index (χ4n) is 1.84. The highest BCUT2D eigenvalue weighted by Gasteiger charge is 2.15. The molecule has 4 heteroatoms. The first-order valence-electron chi connectivity index (χ1n) is 5.78. The van der Waals surface area contributed by atoms with Crippen molar-refractivity contribution in [2.24, 2.45) is 5.73 Å². The second kappa shape index (κ2) is 5.46. The molecule has 1 unspecified atom stereocenters. The first-order chi connectivity index (χ1) is 8.61. The molecule has 1 aromatic heterocycles. The SMILES string of the molecule is Cc1cc(OC(CN)c2ccco2)cc(C)c1Cl. The molecule has 0 amide bonds. The highest BCUT2D eigenvalue weighted by Crippen LogP contribution is 2.28. The van der Waals surface area contributed by atoms with Gasteiger partial charge in [-0.25, -0.2) is 0 Å². The number of nitrogens with two attached hydrogens (primary N) is 1. The van der Waals surface area contributed by atoms with Crippen LogP contribution in [-0.2, 0) is 0 Å². The minimum atomic E-state index is -0.278. The molecule has 0 fully saturated rings. The predicted molar refractivity (Wildman–Crippen MR) is 72.1 cm³/mol. The number of hydrogen-bond donors (Lipinski definition) is 1. The summed E-state index contributed by atoms with van der Waals surface area (Å²) >= 11 is 6.12. The van der Waals surface area contributed by atoms with Crippen LogP contribution in [0, 0.1) is 13.8 Å². The number of aryl methyl sites for hydroxylation is 2. The fourth-order valence-corrected chi connectivity index (χ4v) is 1.94. The van der Waals surface area contributed by atoms with E-state index in [2.05, 4.69) is 0 Å². The molecule has 0 aliphatic heterocycles. The Morgan fingerprint density at radius 3 is 2.50 bits per heavy atom. The van der Waals surface area contributed by atoms with Crippen molar-refractivity contribution in [1.82, 2.24) is 0 Å². The van der Waals surface area contributed by atoms with Crippen LogP contribution < -0.4 is 10.5 Å². The molecule has 96 valence electrons. The average Bonchev–Trinajstić information content (AvgIpc) is 2.86. The van der Waals surface area contributed by atoms with Crippen molar-refractivity contribution in [3.63, 3.8) is 0 Å². The van der Waals surface area contributed by atoms with E-state index >= 15 is 0 Å². The Morgan fingerprint density at radius 1 is 1.33 bits per heavy atom. The van der Waals surface area contributed by atoms with Gasteiger partial charge in [0.05, 0.1) is 6.26 Å². The first-order valence-corrected chi connectivity index (χ1v) is 6.16. The van der Waals surface area contributed by atoms with Crippen LogP contribution in [0.1, 0.15) is 23.0 Å². The third-order valence-electron chi connectivity index (χ3n) is 2.76. The summed E-state index contributed by atoms with van der Waals surface area (Å²) in [6, 6.07) is 7.48. The molecule has 0 radical (unpaired) electrons. The molecule has 0 aliphatic rings. The third-order valence-corrected chi connectivity index (χ3v) is 3.36. The van der Waals surface area contributed by atoms with Gasteiger partial charge >= 0.3 is 0 Å².